The molecular formula is C37H53N9O7S2. The third-order valence-electron chi connectivity index (χ3n) is 10.0. The molecule has 3 aliphatic rings. The van der Waals surface area contributed by atoms with Crippen molar-refractivity contribution >= 4 is 59.0 Å². The number of alkyl carbamates (subject to hydrolysis) is 1. The highest BCUT2D eigenvalue weighted by molar-refractivity contribution is 8.18. The van der Waals surface area contributed by atoms with Crippen molar-refractivity contribution in [2.45, 2.75) is 107 Å². The third kappa shape index (κ3) is 11.4. The summed E-state index contributed by atoms with van der Waals surface area (Å²) < 4.78 is 5.01. The van der Waals surface area contributed by atoms with Crippen molar-refractivity contribution in [3.05, 3.63) is 41.7 Å². The van der Waals surface area contributed by atoms with E-state index in [2.05, 4.69) is 41.9 Å². The van der Waals surface area contributed by atoms with Gasteiger partial charge in [-0.15, -0.1) is 33.7 Å². The molecule has 5 rings (SSSR count). The molecule has 4 unspecified atom stereocenters. The number of H-pyrrole nitrogens is 1. The van der Waals surface area contributed by atoms with Gasteiger partial charge in [-0.3, -0.25) is 24.0 Å². The Morgan fingerprint density at radius 2 is 1.71 bits per heavy atom. The van der Waals surface area contributed by atoms with Gasteiger partial charge in [0.15, 0.2) is 0 Å². The minimum Gasteiger partial charge on any atom is -0.449 e. The van der Waals surface area contributed by atoms with E-state index >= 15 is 0 Å². The van der Waals surface area contributed by atoms with E-state index in [0.29, 0.717) is 24.9 Å². The van der Waals surface area contributed by atoms with Crippen molar-refractivity contribution in [2.24, 2.45) is 11.8 Å². The Balaban J connectivity index is 1.27. The Hall–Kier alpha value is -4.19. The number of Topliss-reactive ketones (excluding diaryl/α,β-unsaturated/α-hetero) is 1. The molecular weight excluding hydrogens is 747 g/mol. The number of hydrogen-bond donors (Lipinski definition) is 5. The number of hydrogen-bond acceptors (Lipinski definition) is 12. The molecule has 0 radical (unpaired) electrons. The lowest BCUT2D eigenvalue weighted by atomic mass is 9.83. The monoisotopic (exact) mass is 799 g/mol. The van der Waals surface area contributed by atoms with Crippen LogP contribution in [0.4, 0.5) is 4.79 Å². The highest BCUT2D eigenvalue weighted by Gasteiger charge is 2.52. The Morgan fingerprint density at radius 3 is 2.36 bits per heavy atom. The van der Waals surface area contributed by atoms with Gasteiger partial charge in [-0.25, -0.2) is 4.79 Å². The number of aromatic nitrogens is 4. The van der Waals surface area contributed by atoms with Crippen molar-refractivity contribution in [3.63, 3.8) is 0 Å². The van der Waals surface area contributed by atoms with E-state index in [4.69, 9.17) is 4.74 Å². The Morgan fingerprint density at radius 1 is 0.982 bits per heavy atom. The standard InChI is InChI=1S/C37H53N9O7S2/c1-4-12-26(31(48)34(50)38-20-28(47)40-29(32-42-44-45-43-32)24-13-7-5-8-14-24)39-33(49)27-19-37(54-17-11-18-55-37)22-46(27)35(51)30(25-15-9-6-10-16-25)41-36(52)53-21-23(2)3/h5,7-8,13-14,23,25-27,29-30H,4,6,9-12,15-22H2,1-3H3,(H,38,50)(H,39,49)(H,40,47)(H,41,52)(H,42,43,44,45). The molecule has 1 saturated carbocycles. The maximum absolute atomic E-state index is 14.6. The quantitative estimate of drug-likeness (QED) is 0.155. The molecule has 55 heavy (non-hydrogen) atoms. The zero-order valence-electron chi connectivity index (χ0n) is 31.7. The lowest BCUT2D eigenvalue weighted by Crippen LogP contribution is -2.58. The molecule has 3 heterocycles. The smallest absolute Gasteiger partial charge is 0.407 e. The number of ketones is 1. The molecule has 2 aliphatic heterocycles. The number of nitrogens with one attached hydrogen (secondary N) is 5. The van der Waals surface area contributed by atoms with Crippen LogP contribution in [0.2, 0.25) is 0 Å². The molecule has 300 valence electrons. The van der Waals surface area contributed by atoms with Crippen LogP contribution in [0.25, 0.3) is 0 Å². The van der Waals surface area contributed by atoms with E-state index in [1.807, 2.05) is 26.8 Å². The molecule has 2 aromatic rings. The maximum Gasteiger partial charge on any atom is 0.407 e. The van der Waals surface area contributed by atoms with E-state index in [9.17, 15) is 28.8 Å². The van der Waals surface area contributed by atoms with Gasteiger partial charge in [0.2, 0.25) is 29.3 Å². The highest BCUT2D eigenvalue weighted by atomic mass is 32.2. The summed E-state index contributed by atoms with van der Waals surface area (Å²) >= 11 is 3.47. The number of carbonyl (C=O) groups is 6. The largest absolute Gasteiger partial charge is 0.449 e. The van der Waals surface area contributed by atoms with Crippen molar-refractivity contribution in [1.82, 2.24) is 46.8 Å². The molecule has 1 aromatic carbocycles. The van der Waals surface area contributed by atoms with Gasteiger partial charge in [-0.2, -0.15) is 5.21 Å². The number of benzene rings is 1. The predicted octanol–water partition coefficient (Wildman–Crippen LogP) is 2.87. The molecule has 3 fully saturated rings. The van der Waals surface area contributed by atoms with E-state index < -0.39 is 64.4 Å². The fourth-order valence-corrected chi connectivity index (χ4v) is 10.6. The minimum absolute atomic E-state index is 0.106. The Bertz CT molecular complexity index is 1620. The molecule has 5 amide bonds. The number of nitrogens with zero attached hydrogens (tertiary/aromatic N) is 4. The van der Waals surface area contributed by atoms with E-state index in [1.165, 1.54) is 0 Å². The van der Waals surface area contributed by atoms with Crippen LogP contribution in [0.3, 0.4) is 0 Å². The van der Waals surface area contributed by atoms with Crippen LogP contribution >= 0.6 is 23.5 Å². The first-order chi connectivity index (χ1) is 26.5. The van der Waals surface area contributed by atoms with Gasteiger partial charge in [0, 0.05) is 13.0 Å². The van der Waals surface area contributed by atoms with Crippen LogP contribution in [-0.4, -0.2) is 114 Å². The van der Waals surface area contributed by atoms with Gasteiger partial charge in [-0.1, -0.05) is 82.0 Å². The Kier molecular flexibility index (Phi) is 15.3. The second kappa shape index (κ2) is 20.1. The zero-order chi connectivity index (χ0) is 39.4. The number of likely N-dealkylation sites (tertiary alicyclic amines) is 1. The van der Waals surface area contributed by atoms with E-state index in [-0.39, 0.29) is 36.6 Å². The average molecular weight is 800 g/mol. The molecule has 1 spiro atoms. The first-order valence-corrected chi connectivity index (χ1v) is 21.2. The van der Waals surface area contributed by atoms with Crippen molar-refractivity contribution in [3.8, 4) is 0 Å². The minimum atomic E-state index is -1.18. The number of aromatic amines is 1. The zero-order valence-corrected chi connectivity index (χ0v) is 33.3. The highest BCUT2D eigenvalue weighted by Crippen LogP contribution is 2.50. The van der Waals surface area contributed by atoms with Crippen LogP contribution in [0, 0.1) is 11.8 Å². The molecule has 4 atom stereocenters. The summed E-state index contributed by atoms with van der Waals surface area (Å²) in [4.78, 5) is 83.0. The first kappa shape index (κ1) is 42.0. The fraction of sp³-hybridized carbons (Fsp3) is 0.649. The first-order valence-electron chi connectivity index (χ1n) is 19.2. The number of tetrazole rings is 1. The van der Waals surface area contributed by atoms with Gasteiger partial charge in [-0.05, 0) is 54.6 Å². The molecule has 2 saturated heterocycles. The summed E-state index contributed by atoms with van der Waals surface area (Å²) in [5, 5.41) is 24.7. The maximum atomic E-state index is 14.6. The second-order valence-electron chi connectivity index (χ2n) is 14.7. The molecule has 5 N–H and O–H groups in total. The summed E-state index contributed by atoms with van der Waals surface area (Å²) in [5.41, 5.74) is 0.684. The van der Waals surface area contributed by atoms with E-state index in [1.54, 1.807) is 52.7 Å². The number of rotatable bonds is 16. The third-order valence-corrected chi connectivity index (χ3v) is 13.3. The van der Waals surface area contributed by atoms with Crippen LogP contribution in [0.15, 0.2) is 30.3 Å². The Labute approximate surface area is 329 Å². The van der Waals surface area contributed by atoms with Crippen LogP contribution in [-0.2, 0) is 28.7 Å². The molecule has 18 heteroatoms. The lowest BCUT2D eigenvalue weighted by molar-refractivity contribution is -0.143. The molecule has 0 bridgehead atoms. The van der Waals surface area contributed by atoms with Gasteiger partial charge in [0.05, 0.1) is 23.3 Å². The lowest BCUT2D eigenvalue weighted by Gasteiger charge is -2.35. The van der Waals surface area contributed by atoms with Gasteiger partial charge in [0.25, 0.3) is 5.91 Å². The van der Waals surface area contributed by atoms with Crippen molar-refractivity contribution in [1.29, 1.82) is 0 Å². The van der Waals surface area contributed by atoms with Gasteiger partial charge < -0.3 is 30.9 Å². The van der Waals surface area contributed by atoms with Crippen LogP contribution in [0.5, 0.6) is 0 Å². The van der Waals surface area contributed by atoms with Crippen molar-refractivity contribution in [2.75, 3.05) is 31.2 Å². The number of amides is 5. The van der Waals surface area contributed by atoms with Gasteiger partial charge >= 0.3 is 6.09 Å². The van der Waals surface area contributed by atoms with E-state index in [0.717, 1.165) is 50.0 Å². The fourth-order valence-electron chi connectivity index (χ4n) is 7.25. The van der Waals surface area contributed by atoms with Crippen LogP contribution in [0.1, 0.15) is 96.0 Å². The summed E-state index contributed by atoms with van der Waals surface area (Å²) in [6.45, 7) is 5.69. The summed E-state index contributed by atoms with van der Waals surface area (Å²) in [7, 11) is 0. The molecule has 16 nitrogen and oxygen atoms in total. The average Bonchev–Trinajstić information content (AvgIpc) is 3.86. The summed E-state index contributed by atoms with van der Waals surface area (Å²) in [6, 6.07) is 5.24. The second-order valence-corrected chi connectivity index (χ2v) is 18.0. The van der Waals surface area contributed by atoms with Gasteiger partial charge in [0.1, 0.15) is 18.1 Å². The van der Waals surface area contributed by atoms with Crippen molar-refractivity contribution < 1.29 is 33.5 Å². The number of ether oxygens (including phenoxy) is 1. The number of thioether (sulfide) groups is 2. The summed E-state index contributed by atoms with van der Waals surface area (Å²) in [5.74, 6) is -1.40. The molecule has 1 aliphatic carbocycles. The SMILES string of the molecule is CCCC(NC(=O)C1CC2(CN1C(=O)C(NC(=O)OCC(C)C)C1CCCCC1)SCCCS2)C(=O)C(=O)NCC(=O)NC(c1ccccc1)c1nn[nH]n1. The van der Waals surface area contributed by atoms with Crippen LogP contribution < -0.4 is 21.3 Å². The normalized spacial score (nSPS) is 19.9. The number of carbonyl (C=O) groups excluding carboxylic acids is 6. The topological polar surface area (TPSA) is 217 Å². The molecule has 1 aromatic heterocycles. The predicted molar refractivity (Wildman–Crippen MR) is 208 cm³/mol. The summed E-state index contributed by atoms with van der Waals surface area (Å²) in [6.07, 6.45) is 5.82.